The van der Waals surface area contributed by atoms with Crippen molar-refractivity contribution in [2.45, 2.75) is 20.4 Å². The minimum atomic E-state index is 0.0502. The quantitative estimate of drug-likeness (QED) is 0.652. The SMILES string of the molecule is CC(C)CNC(=O)CNCCn1cccn1. The first-order valence-corrected chi connectivity index (χ1v) is 5.63. The van der Waals surface area contributed by atoms with Crippen LogP contribution in [0.2, 0.25) is 0 Å². The van der Waals surface area contributed by atoms with Crippen molar-refractivity contribution in [3.05, 3.63) is 18.5 Å². The van der Waals surface area contributed by atoms with Gasteiger partial charge in [-0.15, -0.1) is 0 Å². The second kappa shape index (κ2) is 7.00. The number of hydrogen-bond acceptors (Lipinski definition) is 3. The lowest BCUT2D eigenvalue weighted by molar-refractivity contribution is -0.120. The van der Waals surface area contributed by atoms with Crippen LogP contribution < -0.4 is 10.6 Å². The van der Waals surface area contributed by atoms with E-state index in [1.165, 1.54) is 0 Å². The van der Waals surface area contributed by atoms with Crippen molar-refractivity contribution in [2.24, 2.45) is 5.92 Å². The highest BCUT2D eigenvalue weighted by molar-refractivity contribution is 5.77. The summed E-state index contributed by atoms with van der Waals surface area (Å²) in [6.07, 6.45) is 3.65. The van der Waals surface area contributed by atoms with Gasteiger partial charge in [-0.25, -0.2) is 0 Å². The molecular weight excluding hydrogens is 204 g/mol. The zero-order chi connectivity index (χ0) is 11.8. The fourth-order valence-electron chi connectivity index (χ4n) is 1.21. The van der Waals surface area contributed by atoms with Crippen molar-refractivity contribution in [1.82, 2.24) is 20.4 Å². The molecular formula is C11H20N4O. The van der Waals surface area contributed by atoms with Crippen LogP contribution >= 0.6 is 0 Å². The largest absolute Gasteiger partial charge is 0.355 e. The Morgan fingerprint density at radius 3 is 2.94 bits per heavy atom. The molecule has 0 aromatic carbocycles. The molecule has 1 heterocycles. The molecule has 0 radical (unpaired) electrons. The number of hydrogen-bond donors (Lipinski definition) is 2. The fourth-order valence-corrected chi connectivity index (χ4v) is 1.21. The zero-order valence-electron chi connectivity index (χ0n) is 9.94. The topological polar surface area (TPSA) is 59.0 Å². The van der Waals surface area contributed by atoms with E-state index in [9.17, 15) is 4.79 Å². The summed E-state index contributed by atoms with van der Waals surface area (Å²) in [5, 5.41) is 9.99. The minimum Gasteiger partial charge on any atom is -0.355 e. The monoisotopic (exact) mass is 224 g/mol. The third-order valence-corrected chi connectivity index (χ3v) is 2.07. The lowest BCUT2D eigenvalue weighted by Gasteiger charge is -2.08. The molecule has 0 aliphatic heterocycles. The van der Waals surface area contributed by atoms with Crippen LogP contribution in [0.25, 0.3) is 0 Å². The lowest BCUT2D eigenvalue weighted by Crippen LogP contribution is -2.36. The number of carbonyl (C=O) groups is 1. The third kappa shape index (κ3) is 5.50. The van der Waals surface area contributed by atoms with Crippen molar-refractivity contribution in [1.29, 1.82) is 0 Å². The number of nitrogens with one attached hydrogen (secondary N) is 2. The van der Waals surface area contributed by atoms with E-state index < -0.39 is 0 Å². The average molecular weight is 224 g/mol. The Hall–Kier alpha value is -1.36. The molecule has 0 saturated heterocycles. The maximum absolute atomic E-state index is 11.3. The van der Waals surface area contributed by atoms with Gasteiger partial charge in [-0.1, -0.05) is 13.8 Å². The molecule has 1 amide bonds. The molecule has 0 spiro atoms. The molecule has 1 rings (SSSR count). The van der Waals surface area contributed by atoms with Crippen LogP contribution in [0.3, 0.4) is 0 Å². The van der Waals surface area contributed by atoms with Crippen LogP contribution in [-0.2, 0) is 11.3 Å². The van der Waals surface area contributed by atoms with Crippen LogP contribution in [-0.4, -0.2) is 35.3 Å². The molecule has 1 aromatic heterocycles. The smallest absolute Gasteiger partial charge is 0.233 e. The van der Waals surface area contributed by atoms with Gasteiger partial charge in [-0.2, -0.15) is 5.10 Å². The third-order valence-electron chi connectivity index (χ3n) is 2.07. The van der Waals surface area contributed by atoms with Gasteiger partial charge in [0, 0.05) is 25.5 Å². The highest BCUT2D eigenvalue weighted by atomic mass is 16.1. The number of nitrogens with zero attached hydrogens (tertiary/aromatic N) is 2. The van der Waals surface area contributed by atoms with Crippen LogP contribution in [0.4, 0.5) is 0 Å². The Balaban J connectivity index is 2.00. The van der Waals surface area contributed by atoms with E-state index in [0.29, 0.717) is 12.5 Å². The summed E-state index contributed by atoms with van der Waals surface area (Å²) >= 11 is 0. The molecule has 0 aliphatic rings. The summed E-state index contributed by atoms with van der Waals surface area (Å²) in [6, 6.07) is 1.88. The second-order valence-corrected chi connectivity index (χ2v) is 4.14. The van der Waals surface area contributed by atoms with Gasteiger partial charge in [0.2, 0.25) is 5.91 Å². The molecule has 5 nitrogen and oxygen atoms in total. The molecule has 5 heteroatoms. The molecule has 0 aliphatic carbocycles. The summed E-state index contributed by atoms with van der Waals surface area (Å²) in [4.78, 5) is 11.3. The maximum atomic E-state index is 11.3. The summed E-state index contributed by atoms with van der Waals surface area (Å²) < 4.78 is 1.83. The standard InChI is InChI=1S/C11H20N4O/c1-10(2)8-13-11(16)9-12-5-7-15-6-3-4-14-15/h3-4,6,10,12H,5,7-9H2,1-2H3,(H,13,16). The fraction of sp³-hybridized carbons (Fsp3) is 0.636. The predicted molar refractivity (Wildman–Crippen MR) is 62.9 cm³/mol. The minimum absolute atomic E-state index is 0.0502. The van der Waals surface area contributed by atoms with Crippen LogP contribution in [0, 0.1) is 5.92 Å². The first-order valence-electron chi connectivity index (χ1n) is 5.63. The zero-order valence-corrected chi connectivity index (χ0v) is 9.94. The Bertz CT molecular complexity index is 295. The van der Waals surface area contributed by atoms with E-state index in [1.54, 1.807) is 6.20 Å². The van der Waals surface area contributed by atoms with Gasteiger partial charge in [-0.3, -0.25) is 9.48 Å². The molecule has 0 saturated carbocycles. The molecule has 2 N–H and O–H groups in total. The molecule has 90 valence electrons. The van der Waals surface area contributed by atoms with Crippen molar-refractivity contribution in [2.75, 3.05) is 19.6 Å². The molecule has 0 unspecified atom stereocenters. The first kappa shape index (κ1) is 12.7. The van der Waals surface area contributed by atoms with Gasteiger partial charge >= 0.3 is 0 Å². The lowest BCUT2D eigenvalue weighted by atomic mass is 10.2. The first-order chi connectivity index (χ1) is 7.68. The van der Waals surface area contributed by atoms with Gasteiger partial charge in [-0.05, 0) is 12.0 Å². The molecule has 16 heavy (non-hydrogen) atoms. The van der Waals surface area contributed by atoms with Crippen molar-refractivity contribution < 1.29 is 4.79 Å². The van der Waals surface area contributed by atoms with E-state index in [4.69, 9.17) is 0 Å². The molecule has 0 bridgehead atoms. The van der Waals surface area contributed by atoms with Crippen molar-refractivity contribution >= 4 is 5.91 Å². The van der Waals surface area contributed by atoms with Crippen LogP contribution in [0.15, 0.2) is 18.5 Å². The highest BCUT2D eigenvalue weighted by Gasteiger charge is 2.00. The van der Waals surface area contributed by atoms with Gasteiger partial charge in [0.25, 0.3) is 0 Å². The van der Waals surface area contributed by atoms with Crippen molar-refractivity contribution in [3.8, 4) is 0 Å². The Kier molecular flexibility index (Phi) is 5.56. The average Bonchev–Trinajstić information content (AvgIpc) is 2.74. The van der Waals surface area contributed by atoms with E-state index >= 15 is 0 Å². The van der Waals surface area contributed by atoms with Gasteiger partial charge in [0.05, 0.1) is 13.1 Å². The van der Waals surface area contributed by atoms with E-state index in [-0.39, 0.29) is 5.91 Å². The Labute approximate surface area is 96.2 Å². The summed E-state index contributed by atoms with van der Waals surface area (Å²) in [5.74, 6) is 0.544. The number of amides is 1. The van der Waals surface area contributed by atoms with Gasteiger partial charge in [0.15, 0.2) is 0 Å². The number of aromatic nitrogens is 2. The highest BCUT2D eigenvalue weighted by Crippen LogP contribution is 1.86. The maximum Gasteiger partial charge on any atom is 0.233 e. The Morgan fingerprint density at radius 1 is 1.50 bits per heavy atom. The van der Waals surface area contributed by atoms with E-state index in [1.807, 2.05) is 16.9 Å². The summed E-state index contributed by atoms with van der Waals surface area (Å²) in [7, 11) is 0. The second-order valence-electron chi connectivity index (χ2n) is 4.14. The summed E-state index contributed by atoms with van der Waals surface area (Å²) in [6.45, 7) is 6.78. The molecule has 0 atom stereocenters. The normalized spacial score (nSPS) is 10.7. The number of carbonyl (C=O) groups excluding carboxylic acids is 1. The van der Waals surface area contributed by atoms with Gasteiger partial charge in [0.1, 0.15) is 0 Å². The van der Waals surface area contributed by atoms with Crippen molar-refractivity contribution in [3.63, 3.8) is 0 Å². The van der Waals surface area contributed by atoms with E-state index in [2.05, 4.69) is 29.6 Å². The van der Waals surface area contributed by atoms with E-state index in [0.717, 1.165) is 19.6 Å². The van der Waals surface area contributed by atoms with Crippen LogP contribution in [0.5, 0.6) is 0 Å². The van der Waals surface area contributed by atoms with Gasteiger partial charge < -0.3 is 10.6 Å². The number of rotatable bonds is 7. The summed E-state index contributed by atoms with van der Waals surface area (Å²) in [5.41, 5.74) is 0. The van der Waals surface area contributed by atoms with Crippen LogP contribution in [0.1, 0.15) is 13.8 Å². The Morgan fingerprint density at radius 2 is 2.31 bits per heavy atom. The predicted octanol–water partition coefficient (Wildman–Crippen LogP) is 0.245. The molecule has 0 fully saturated rings. The molecule has 1 aromatic rings.